The molecule has 0 saturated heterocycles. The molecule has 0 aromatic carbocycles. The molecule has 0 aliphatic rings. The van der Waals surface area contributed by atoms with Gasteiger partial charge in [-0.1, -0.05) is 20.8 Å². The van der Waals surface area contributed by atoms with E-state index in [1.165, 1.54) is 0 Å². The summed E-state index contributed by atoms with van der Waals surface area (Å²) in [6.45, 7) is 8.66. The first-order valence-corrected chi connectivity index (χ1v) is 6.85. The number of aryl methyl sites for hydroxylation is 1. The van der Waals surface area contributed by atoms with Crippen molar-refractivity contribution in [3.63, 3.8) is 0 Å². The van der Waals surface area contributed by atoms with Crippen molar-refractivity contribution in [1.82, 2.24) is 14.5 Å². The fraction of sp³-hybridized carbons (Fsp3) is 0.467. The predicted molar refractivity (Wildman–Crippen MR) is 78.6 cm³/mol. The number of hydrogen-bond acceptors (Lipinski definition) is 3. The summed E-state index contributed by atoms with van der Waals surface area (Å²) in [6, 6.07) is 4.49. The molecule has 0 spiro atoms. The second-order valence-electron chi connectivity index (χ2n) is 5.12. The number of rotatable bonds is 5. The minimum Gasteiger partial charge on any atom is -0.379 e. The van der Waals surface area contributed by atoms with Gasteiger partial charge in [-0.15, -0.1) is 0 Å². The van der Waals surface area contributed by atoms with Crippen molar-refractivity contribution < 1.29 is 0 Å². The van der Waals surface area contributed by atoms with Crippen LogP contribution in [-0.2, 0) is 0 Å². The second kappa shape index (κ2) is 5.87. The standard InChI is InChI=1S/C15H22N4/c1-5-13(11(2)3)18-14-7-6-8-17-15(14)19-10-9-16-12(19)4/h6-11,13,18H,5H2,1-4H3. The van der Waals surface area contributed by atoms with Crippen LogP contribution >= 0.6 is 0 Å². The van der Waals surface area contributed by atoms with Crippen molar-refractivity contribution in [2.45, 2.75) is 40.2 Å². The van der Waals surface area contributed by atoms with Gasteiger partial charge in [-0.3, -0.25) is 4.57 Å². The van der Waals surface area contributed by atoms with Gasteiger partial charge in [0.1, 0.15) is 5.82 Å². The van der Waals surface area contributed by atoms with E-state index in [2.05, 4.69) is 42.1 Å². The Bertz CT molecular complexity index is 530. The van der Waals surface area contributed by atoms with Crippen LogP contribution in [0.25, 0.3) is 5.82 Å². The number of nitrogens with zero attached hydrogens (tertiary/aromatic N) is 3. The molecule has 2 rings (SSSR count). The van der Waals surface area contributed by atoms with Gasteiger partial charge in [-0.25, -0.2) is 9.97 Å². The molecule has 2 heterocycles. The fourth-order valence-corrected chi connectivity index (χ4v) is 2.24. The summed E-state index contributed by atoms with van der Waals surface area (Å²) in [5.41, 5.74) is 1.06. The van der Waals surface area contributed by atoms with Crippen molar-refractivity contribution in [3.05, 3.63) is 36.5 Å². The van der Waals surface area contributed by atoms with Crippen LogP contribution in [0.5, 0.6) is 0 Å². The average Bonchev–Trinajstić information content (AvgIpc) is 2.82. The SMILES string of the molecule is CCC(Nc1cccnc1-n1ccnc1C)C(C)C. The van der Waals surface area contributed by atoms with Crippen LogP contribution in [0.2, 0.25) is 0 Å². The summed E-state index contributed by atoms with van der Waals surface area (Å²) in [5, 5.41) is 3.60. The Morgan fingerprint density at radius 3 is 2.63 bits per heavy atom. The van der Waals surface area contributed by atoms with Crippen LogP contribution in [0, 0.1) is 12.8 Å². The lowest BCUT2D eigenvalue weighted by Crippen LogP contribution is -2.25. The van der Waals surface area contributed by atoms with Crippen LogP contribution in [0.15, 0.2) is 30.7 Å². The van der Waals surface area contributed by atoms with E-state index in [0.29, 0.717) is 12.0 Å². The van der Waals surface area contributed by atoms with Crippen LogP contribution in [0.1, 0.15) is 33.0 Å². The third-order valence-electron chi connectivity index (χ3n) is 3.43. The topological polar surface area (TPSA) is 42.7 Å². The maximum atomic E-state index is 4.49. The van der Waals surface area contributed by atoms with Crippen LogP contribution in [-0.4, -0.2) is 20.6 Å². The Kier molecular flexibility index (Phi) is 4.20. The molecule has 102 valence electrons. The Balaban J connectivity index is 2.34. The van der Waals surface area contributed by atoms with E-state index in [1.54, 1.807) is 6.20 Å². The molecule has 4 heteroatoms. The molecule has 1 unspecified atom stereocenters. The van der Waals surface area contributed by atoms with E-state index < -0.39 is 0 Å². The number of hydrogen-bond donors (Lipinski definition) is 1. The maximum absolute atomic E-state index is 4.49. The number of imidazole rings is 1. The van der Waals surface area contributed by atoms with E-state index >= 15 is 0 Å². The molecule has 0 aliphatic heterocycles. The van der Waals surface area contributed by atoms with E-state index in [1.807, 2.05) is 30.0 Å². The molecule has 2 aromatic rings. The van der Waals surface area contributed by atoms with Crippen LogP contribution in [0.3, 0.4) is 0 Å². The van der Waals surface area contributed by atoms with E-state index in [-0.39, 0.29) is 0 Å². The highest BCUT2D eigenvalue weighted by atomic mass is 15.1. The molecule has 4 nitrogen and oxygen atoms in total. The predicted octanol–water partition coefficient (Wildman–Crippen LogP) is 3.42. The van der Waals surface area contributed by atoms with E-state index in [0.717, 1.165) is 23.8 Å². The average molecular weight is 258 g/mol. The molecule has 0 radical (unpaired) electrons. The molecule has 2 aromatic heterocycles. The Labute approximate surface area is 114 Å². The maximum Gasteiger partial charge on any atom is 0.161 e. The van der Waals surface area contributed by atoms with Gasteiger partial charge >= 0.3 is 0 Å². The second-order valence-corrected chi connectivity index (χ2v) is 5.12. The van der Waals surface area contributed by atoms with Crippen molar-refractivity contribution in [2.75, 3.05) is 5.32 Å². The first-order valence-electron chi connectivity index (χ1n) is 6.85. The third-order valence-corrected chi connectivity index (χ3v) is 3.43. The normalized spacial score (nSPS) is 12.7. The minimum absolute atomic E-state index is 0.451. The molecule has 19 heavy (non-hydrogen) atoms. The molecule has 1 N–H and O–H groups in total. The summed E-state index contributed by atoms with van der Waals surface area (Å²) < 4.78 is 2.01. The zero-order chi connectivity index (χ0) is 13.8. The molecular weight excluding hydrogens is 236 g/mol. The van der Waals surface area contributed by atoms with Crippen molar-refractivity contribution >= 4 is 5.69 Å². The summed E-state index contributed by atoms with van der Waals surface area (Å²) >= 11 is 0. The summed E-state index contributed by atoms with van der Waals surface area (Å²) in [6.07, 6.45) is 6.65. The number of anilines is 1. The monoisotopic (exact) mass is 258 g/mol. The number of aromatic nitrogens is 3. The largest absolute Gasteiger partial charge is 0.379 e. The highest BCUT2D eigenvalue weighted by Gasteiger charge is 2.14. The fourth-order valence-electron chi connectivity index (χ4n) is 2.24. The number of nitrogens with one attached hydrogen (secondary N) is 1. The minimum atomic E-state index is 0.451. The van der Waals surface area contributed by atoms with Crippen molar-refractivity contribution in [3.8, 4) is 5.82 Å². The van der Waals surface area contributed by atoms with Gasteiger partial charge in [-0.2, -0.15) is 0 Å². The summed E-state index contributed by atoms with van der Waals surface area (Å²) in [4.78, 5) is 8.75. The zero-order valence-electron chi connectivity index (χ0n) is 12.1. The van der Waals surface area contributed by atoms with Gasteiger partial charge in [0.15, 0.2) is 5.82 Å². The number of pyridine rings is 1. The van der Waals surface area contributed by atoms with Gasteiger partial charge < -0.3 is 5.32 Å². The molecule has 0 amide bonds. The smallest absolute Gasteiger partial charge is 0.161 e. The molecule has 0 fully saturated rings. The third kappa shape index (κ3) is 2.95. The van der Waals surface area contributed by atoms with Crippen molar-refractivity contribution in [1.29, 1.82) is 0 Å². The van der Waals surface area contributed by atoms with E-state index in [4.69, 9.17) is 0 Å². The van der Waals surface area contributed by atoms with Crippen LogP contribution in [0.4, 0.5) is 5.69 Å². The quantitative estimate of drug-likeness (QED) is 0.893. The lowest BCUT2D eigenvalue weighted by atomic mass is 10.0. The highest BCUT2D eigenvalue weighted by Crippen LogP contribution is 2.21. The van der Waals surface area contributed by atoms with Gasteiger partial charge in [0.05, 0.1) is 5.69 Å². The van der Waals surface area contributed by atoms with Gasteiger partial charge in [-0.05, 0) is 31.4 Å². The van der Waals surface area contributed by atoms with Crippen molar-refractivity contribution in [2.24, 2.45) is 5.92 Å². The highest BCUT2D eigenvalue weighted by molar-refractivity contribution is 5.57. The molecule has 1 atom stereocenters. The van der Waals surface area contributed by atoms with Gasteiger partial charge in [0.25, 0.3) is 0 Å². The molecular formula is C15H22N4. The van der Waals surface area contributed by atoms with Gasteiger partial charge in [0, 0.05) is 24.6 Å². The molecule has 0 saturated carbocycles. The van der Waals surface area contributed by atoms with Gasteiger partial charge in [0.2, 0.25) is 0 Å². The first-order chi connectivity index (χ1) is 9.13. The lowest BCUT2D eigenvalue weighted by Gasteiger charge is -2.23. The molecule has 0 bridgehead atoms. The van der Waals surface area contributed by atoms with E-state index in [9.17, 15) is 0 Å². The Hall–Kier alpha value is -1.84. The Morgan fingerprint density at radius 2 is 2.05 bits per heavy atom. The Morgan fingerprint density at radius 1 is 1.26 bits per heavy atom. The lowest BCUT2D eigenvalue weighted by molar-refractivity contribution is 0.511. The van der Waals surface area contributed by atoms with Crippen LogP contribution < -0.4 is 5.32 Å². The summed E-state index contributed by atoms with van der Waals surface area (Å²) in [5.74, 6) is 2.44. The molecule has 0 aliphatic carbocycles. The first kappa shape index (κ1) is 13.6. The summed E-state index contributed by atoms with van der Waals surface area (Å²) in [7, 11) is 0. The zero-order valence-corrected chi connectivity index (χ0v) is 12.1.